The molecule has 1 aromatic heterocycles. The summed E-state index contributed by atoms with van der Waals surface area (Å²) in [6.07, 6.45) is -0.795. The van der Waals surface area contributed by atoms with Crippen molar-refractivity contribution in [1.29, 1.82) is 0 Å². The lowest BCUT2D eigenvalue weighted by molar-refractivity contribution is -0.122. The van der Waals surface area contributed by atoms with Crippen LogP contribution in [0, 0.1) is 6.92 Å². The second-order valence-corrected chi connectivity index (χ2v) is 8.51. The van der Waals surface area contributed by atoms with Gasteiger partial charge in [0.1, 0.15) is 22.1 Å². The summed E-state index contributed by atoms with van der Waals surface area (Å²) in [4.78, 5) is 25.6. The van der Waals surface area contributed by atoms with E-state index in [0.717, 1.165) is 16.9 Å². The molecule has 6 nitrogen and oxygen atoms in total. The Morgan fingerprint density at radius 1 is 1.09 bits per heavy atom. The zero-order valence-electron chi connectivity index (χ0n) is 18.9. The SMILES string of the molecule is CCOC(=O)c1c(-c2ccc(OCC)cc2)csc1NC(=O)C(C)Oc1ccc(Cl)cc1C. The van der Waals surface area contributed by atoms with Gasteiger partial charge in [0.25, 0.3) is 5.91 Å². The molecule has 1 atom stereocenters. The fourth-order valence-electron chi connectivity index (χ4n) is 3.17. The number of amides is 1. The summed E-state index contributed by atoms with van der Waals surface area (Å²) in [5, 5.41) is 5.65. The second kappa shape index (κ2) is 11.2. The number of ether oxygens (including phenoxy) is 3. The van der Waals surface area contributed by atoms with E-state index in [9.17, 15) is 9.59 Å². The van der Waals surface area contributed by atoms with Crippen molar-refractivity contribution in [2.45, 2.75) is 33.8 Å². The van der Waals surface area contributed by atoms with Crippen molar-refractivity contribution in [1.82, 2.24) is 0 Å². The van der Waals surface area contributed by atoms with E-state index in [4.69, 9.17) is 25.8 Å². The van der Waals surface area contributed by atoms with Crippen LogP contribution in [0.25, 0.3) is 11.1 Å². The van der Waals surface area contributed by atoms with Crippen LogP contribution >= 0.6 is 22.9 Å². The van der Waals surface area contributed by atoms with Crippen LogP contribution in [-0.2, 0) is 9.53 Å². The van der Waals surface area contributed by atoms with Crippen LogP contribution in [0.1, 0.15) is 36.7 Å². The van der Waals surface area contributed by atoms with Gasteiger partial charge in [-0.1, -0.05) is 23.7 Å². The number of thiophene rings is 1. The molecule has 33 heavy (non-hydrogen) atoms. The molecule has 0 radical (unpaired) electrons. The highest BCUT2D eigenvalue weighted by molar-refractivity contribution is 7.15. The molecule has 0 aliphatic rings. The summed E-state index contributed by atoms with van der Waals surface area (Å²) < 4.78 is 16.6. The maximum atomic E-state index is 12.9. The molecule has 0 aliphatic heterocycles. The van der Waals surface area contributed by atoms with Crippen molar-refractivity contribution >= 4 is 39.8 Å². The Morgan fingerprint density at radius 2 is 1.82 bits per heavy atom. The van der Waals surface area contributed by atoms with Gasteiger partial charge in [-0.15, -0.1) is 11.3 Å². The maximum absolute atomic E-state index is 12.9. The smallest absolute Gasteiger partial charge is 0.341 e. The predicted molar refractivity (Wildman–Crippen MR) is 132 cm³/mol. The van der Waals surface area contributed by atoms with Crippen LogP contribution in [0.15, 0.2) is 47.8 Å². The lowest BCUT2D eigenvalue weighted by Gasteiger charge is -2.16. The lowest BCUT2D eigenvalue weighted by Crippen LogP contribution is -2.30. The molecule has 8 heteroatoms. The number of carbonyl (C=O) groups is 2. The van der Waals surface area contributed by atoms with Crippen LogP contribution in [-0.4, -0.2) is 31.2 Å². The fourth-order valence-corrected chi connectivity index (χ4v) is 4.36. The number of aryl methyl sites for hydroxylation is 1. The molecule has 1 unspecified atom stereocenters. The highest BCUT2D eigenvalue weighted by atomic mass is 35.5. The molecule has 3 aromatic rings. The molecule has 3 rings (SSSR count). The predicted octanol–water partition coefficient (Wildman–Crippen LogP) is 6.36. The Bertz CT molecular complexity index is 1130. The number of hydrogen-bond acceptors (Lipinski definition) is 6. The molecular weight excluding hydrogens is 462 g/mol. The average Bonchev–Trinajstić information content (AvgIpc) is 3.20. The molecule has 174 valence electrons. The Morgan fingerprint density at radius 3 is 2.45 bits per heavy atom. The second-order valence-electron chi connectivity index (χ2n) is 7.19. The molecular formula is C25H26ClNO5S. The van der Waals surface area contributed by atoms with Crippen LogP contribution in [0.4, 0.5) is 5.00 Å². The normalized spacial score (nSPS) is 11.5. The van der Waals surface area contributed by atoms with Crippen LogP contribution in [0.2, 0.25) is 5.02 Å². The zero-order chi connectivity index (χ0) is 24.0. The number of nitrogens with one attached hydrogen (secondary N) is 1. The molecule has 0 fully saturated rings. The van der Waals surface area contributed by atoms with E-state index in [1.165, 1.54) is 11.3 Å². The van der Waals surface area contributed by atoms with E-state index in [-0.39, 0.29) is 12.5 Å². The van der Waals surface area contributed by atoms with Gasteiger partial charge < -0.3 is 19.5 Å². The van der Waals surface area contributed by atoms with E-state index < -0.39 is 12.1 Å². The molecule has 0 aliphatic carbocycles. The largest absolute Gasteiger partial charge is 0.494 e. The fraction of sp³-hybridized carbons (Fsp3) is 0.280. The number of esters is 1. The summed E-state index contributed by atoms with van der Waals surface area (Å²) >= 11 is 7.25. The first kappa shape index (κ1) is 24.6. The summed E-state index contributed by atoms with van der Waals surface area (Å²) in [6.45, 7) is 7.95. The van der Waals surface area contributed by atoms with Crippen molar-refractivity contribution in [3.05, 3.63) is 64.0 Å². The van der Waals surface area contributed by atoms with Crippen molar-refractivity contribution in [2.75, 3.05) is 18.5 Å². The Hall–Kier alpha value is -3.03. The van der Waals surface area contributed by atoms with Crippen molar-refractivity contribution in [3.8, 4) is 22.6 Å². The Balaban J connectivity index is 1.84. The van der Waals surface area contributed by atoms with Gasteiger partial charge in [-0.25, -0.2) is 4.79 Å². The number of hydrogen-bond donors (Lipinski definition) is 1. The molecule has 0 spiro atoms. The maximum Gasteiger partial charge on any atom is 0.341 e. The summed E-state index contributed by atoms with van der Waals surface area (Å²) in [7, 11) is 0. The van der Waals surface area contributed by atoms with Gasteiger partial charge in [-0.3, -0.25) is 4.79 Å². The van der Waals surface area contributed by atoms with Crippen molar-refractivity contribution < 1.29 is 23.8 Å². The van der Waals surface area contributed by atoms with Gasteiger partial charge in [0.15, 0.2) is 6.10 Å². The third-order valence-electron chi connectivity index (χ3n) is 4.79. The average molecular weight is 488 g/mol. The van der Waals surface area contributed by atoms with Crippen molar-refractivity contribution in [3.63, 3.8) is 0 Å². The van der Waals surface area contributed by atoms with Gasteiger partial charge in [-0.05, 0) is 69.2 Å². The molecule has 1 heterocycles. The quantitative estimate of drug-likeness (QED) is 0.355. The number of carbonyl (C=O) groups excluding carboxylic acids is 2. The topological polar surface area (TPSA) is 73.9 Å². The summed E-state index contributed by atoms with van der Waals surface area (Å²) in [6, 6.07) is 12.6. The first-order valence-corrected chi connectivity index (χ1v) is 11.8. The minimum Gasteiger partial charge on any atom is -0.494 e. The first-order valence-electron chi connectivity index (χ1n) is 10.6. The number of halogens is 1. The first-order chi connectivity index (χ1) is 15.8. The van der Waals surface area contributed by atoms with E-state index in [0.29, 0.717) is 33.5 Å². The minimum absolute atomic E-state index is 0.222. The Kier molecular flexibility index (Phi) is 8.36. The lowest BCUT2D eigenvalue weighted by atomic mass is 10.0. The Labute approximate surface area is 202 Å². The molecule has 0 bridgehead atoms. The standard InChI is InChI=1S/C25H26ClNO5S/c1-5-30-19-10-7-17(8-11-19)20-14-33-24(22(20)25(29)31-6-2)27-23(28)16(4)32-21-12-9-18(26)13-15(21)3/h7-14,16H,5-6H2,1-4H3,(H,27,28). The number of benzene rings is 2. The van der Waals surface area contributed by atoms with E-state index >= 15 is 0 Å². The van der Waals surface area contributed by atoms with Gasteiger partial charge in [0.2, 0.25) is 0 Å². The van der Waals surface area contributed by atoms with Gasteiger partial charge in [0, 0.05) is 16.0 Å². The van der Waals surface area contributed by atoms with Gasteiger partial charge in [-0.2, -0.15) is 0 Å². The number of rotatable bonds is 9. The third kappa shape index (κ3) is 6.06. The summed E-state index contributed by atoms with van der Waals surface area (Å²) in [5.74, 6) is 0.426. The van der Waals surface area contributed by atoms with Gasteiger partial charge in [0.05, 0.1) is 13.2 Å². The van der Waals surface area contributed by atoms with E-state index in [1.54, 1.807) is 32.0 Å². The van der Waals surface area contributed by atoms with Crippen molar-refractivity contribution in [2.24, 2.45) is 0 Å². The minimum atomic E-state index is -0.795. The highest BCUT2D eigenvalue weighted by Crippen LogP contribution is 2.37. The molecule has 0 saturated heterocycles. The summed E-state index contributed by atoms with van der Waals surface area (Å²) in [5.41, 5.74) is 2.63. The van der Waals surface area contributed by atoms with Crippen LogP contribution < -0.4 is 14.8 Å². The van der Waals surface area contributed by atoms with E-state index in [2.05, 4.69) is 5.32 Å². The zero-order valence-corrected chi connectivity index (χ0v) is 20.5. The van der Waals surface area contributed by atoms with Gasteiger partial charge >= 0.3 is 5.97 Å². The molecule has 0 saturated carbocycles. The molecule has 2 aromatic carbocycles. The van der Waals surface area contributed by atoms with E-state index in [1.807, 2.05) is 43.5 Å². The highest BCUT2D eigenvalue weighted by Gasteiger charge is 2.25. The monoisotopic (exact) mass is 487 g/mol. The molecule has 1 N–H and O–H groups in total. The third-order valence-corrected chi connectivity index (χ3v) is 5.92. The van der Waals surface area contributed by atoms with Crippen LogP contribution in [0.3, 0.4) is 0 Å². The number of anilines is 1. The molecule has 1 amide bonds. The van der Waals surface area contributed by atoms with Crippen LogP contribution in [0.5, 0.6) is 11.5 Å².